The first-order valence-electron chi connectivity index (χ1n) is 12.5. The van der Waals surface area contributed by atoms with Gasteiger partial charge >= 0.3 is 11.5 Å². The third-order valence-corrected chi connectivity index (χ3v) is 8.75. The predicted molar refractivity (Wildman–Crippen MR) is 139 cm³/mol. The number of carbonyl (C=O) groups excluding carboxylic acids is 2. The Bertz CT molecular complexity index is 1770. The largest absolute Gasteiger partial charge is 0.501 e. The van der Waals surface area contributed by atoms with E-state index in [4.69, 9.17) is 14.3 Å². The number of aromatic carboxylic acids is 1. The lowest BCUT2D eigenvalue weighted by Gasteiger charge is -2.28. The van der Waals surface area contributed by atoms with Crippen LogP contribution >= 0.6 is 0 Å². The summed E-state index contributed by atoms with van der Waals surface area (Å²) in [4.78, 5) is 40.6. The number of methoxy groups -OCH3 is 1. The van der Waals surface area contributed by atoms with Crippen molar-refractivity contribution < 1.29 is 54.6 Å². The third-order valence-electron chi connectivity index (χ3n) is 7.26. The van der Waals surface area contributed by atoms with Crippen molar-refractivity contribution in [3.05, 3.63) is 71.9 Å². The lowest BCUT2D eigenvalue weighted by Crippen LogP contribution is -2.47. The highest BCUT2D eigenvalue weighted by molar-refractivity contribution is 7.92. The van der Waals surface area contributed by atoms with Crippen molar-refractivity contribution in [3.8, 4) is 17.2 Å². The molecule has 2 bridgehead atoms. The van der Waals surface area contributed by atoms with E-state index in [1.165, 1.54) is 13.2 Å². The monoisotopic (exact) mass is 623 g/mol. The van der Waals surface area contributed by atoms with E-state index in [9.17, 15) is 40.4 Å². The number of benzene rings is 2. The summed E-state index contributed by atoms with van der Waals surface area (Å²) < 4.78 is 87.7. The van der Waals surface area contributed by atoms with Crippen LogP contribution in [0.2, 0.25) is 0 Å². The predicted octanol–water partition coefficient (Wildman–Crippen LogP) is 4.04. The number of carboxylic acids is 1. The minimum absolute atomic E-state index is 0.175. The highest BCUT2D eigenvalue weighted by atomic mass is 32.2. The Morgan fingerprint density at radius 2 is 1.84 bits per heavy atom. The second kappa shape index (κ2) is 10.8. The fourth-order valence-corrected chi connectivity index (χ4v) is 6.07. The van der Waals surface area contributed by atoms with Crippen LogP contribution in [0, 0.1) is 23.6 Å². The number of sulfone groups is 1. The average Bonchev–Trinajstić information content (AvgIpc) is 3.69. The molecule has 0 radical (unpaired) electrons. The molecule has 2 aliphatic rings. The number of ether oxygens (including phenoxy) is 1. The van der Waals surface area contributed by atoms with Gasteiger partial charge in [-0.05, 0) is 42.5 Å². The van der Waals surface area contributed by atoms with Gasteiger partial charge in [-0.2, -0.15) is 13.2 Å². The maximum atomic E-state index is 14.8. The zero-order valence-electron chi connectivity index (χ0n) is 21.9. The fourth-order valence-electron chi connectivity index (χ4n) is 5.27. The molecule has 11 nitrogen and oxygen atoms in total. The van der Waals surface area contributed by atoms with Gasteiger partial charge in [-0.3, -0.25) is 9.59 Å². The van der Waals surface area contributed by atoms with Gasteiger partial charge in [0.25, 0.3) is 15.7 Å². The van der Waals surface area contributed by atoms with E-state index in [1.54, 1.807) is 6.08 Å². The Hall–Kier alpha value is -4.73. The summed E-state index contributed by atoms with van der Waals surface area (Å²) in [6.45, 7) is 0. The normalized spacial score (nSPS) is 21.0. The van der Waals surface area contributed by atoms with Crippen LogP contribution in [0.4, 0.5) is 23.2 Å². The number of nitrogens with one attached hydrogen (secondary N) is 2. The van der Waals surface area contributed by atoms with E-state index in [0.29, 0.717) is 12.5 Å². The molecule has 3 aromatic rings. The number of fused-ring (bicyclic) bond motifs is 2. The Morgan fingerprint density at radius 3 is 2.49 bits per heavy atom. The molecule has 0 spiro atoms. The minimum atomic E-state index is -5.65. The lowest BCUT2D eigenvalue weighted by molar-refractivity contribution is -0.121. The van der Waals surface area contributed by atoms with Gasteiger partial charge in [0.15, 0.2) is 5.69 Å². The van der Waals surface area contributed by atoms with Gasteiger partial charge in [0, 0.05) is 17.8 Å². The number of rotatable bonds is 8. The zero-order valence-corrected chi connectivity index (χ0v) is 22.7. The standard InChI is InChI=1S/C27H21F4N3O8S/c1-41-20-10-18(28)16(25-33-19(11-42-25)26(37)38)9-17(20)23(35)34-22-13-6-5-12(7-13)21(22)24(36)32-14-3-2-4-15(8-14)43(39,40)27(29,30)31/h2-6,8-13,21-22H,7H2,1H3,(H,32,36)(H,34,35)(H,37,38)/t12-,13+,21+,22-/m1/s1. The van der Waals surface area contributed by atoms with Gasteiger partial charge in [0.1, 0.15) is 17.8 Å². The van der Waals surface area contributed by atoms with Crippen molar-refractivity contribution in [2.24, 2.45) is 17.8 Å². The number of hydrogen-bond acceptors (Lipinski definition) is 8. The van der Waals surface area contributed by atoms with Crippen molar-refractivity contribution in [2.45, 2.75) is 22.9 Å². The number of oxazole rings is 1. The van der Waals surface area contributed by atoms with Crippen LogP contribution in [-0.2, 0) is 14.6 Å². The summed E-state index contributed by atoms with van der Waals surface area (Å²) in [5, 5.41) is 14.3. The van der Waals surface area contributed by atoms with Crippen molar-refractivity contribution in [1.82, 2.24) is 10.3 Å². The minimum Gasteiger partial charge on any atom is -0.496 e. The first-order chi connectivity index (χ1) is 20.2. The summed E-state index contributed by atoms with van der Waals surface area (Å²) in [7, 11) is -4.46. The van der Waals surface area contributed by atoms with E-state index in [2.05, 4.69) is 15.6 Å². The van der Waals surface area contributed by atoms with Crippen molar-refractivity contribution in [2.75, 3.05) is 12.4 Å². The van der Waals surface area contributed by atoms with Crippen LogP contribution < -0.4 is 15.4 Å². The topological polar surface area (TPSA) is 165 Å². The number of hydrogen-bond donors (Lipinski definition) is 3. The Balaban J connectivity index is 1.40. The number of anilines is 1. The molecule has 1 heterocycles. The number of aromatic nitrogens is 1. The summed E-state index contributed by atoms with van der Waals surface area (Å²) in [5.74, 6) is -5.87. The Morgan fingerprint density at radius 1 is 1.12 bits per heavy atom. The highest BCUT2D eigenvalue weighted by Crippen LogP contribution is 2.45. The number of alkyl halides is 3. The maximum absolute atomic E-state index is 14.8. The van der Waals surface area contributed by atoms with E-state index >= 15 is 0 Å². The van der Waals surface area contributed by atoms with Gasteiger partial charge in [-0.15, -0.1) is 0 Å². The highest BCUT2D eigenvalue weighted by Gasteiger charge is 2.49. The Labute approximate surface area is 240 Å². The molecular weight excluding hydrogens is 602 g/mol. The molecule has 0 aliphatic heterocycles. The molecule has 16 heteroatoms. The molecule has 4 atom stereocenters. The first-order valence-corrected chi connectivity index (χ1v) is 14.0. The van der Waals surface area contributed by atoms with Crippen LogP contribution in [0.5, 0.6) is 5.75 Å². The molecule has 2 aliphatic carbocycles. The van der Waals surface area contributed by atoms with E-state index in [1.807, 2.05) is 6.08 Å². The summed E-state index contributed by atoms with van der Waals surface area (Å²) in [6, 6.07) is 4.89. The molecule has 43 heavy (non-hydrogen) atoms. The van der Waals surface area contributed by atoms with E-state index < -0.39 is 67.4 Å². The van der Waals surface area contributed by atoms with Gasteiger partial charge in [0.2, 0.25) is 11.8 Å². The van der Waals surface area contributed by atoms with Crippen LogP contribution in [0.25, 0.3) is 11.5 Å². The number of nitrogens with zero attached hydrogens (tertiary/aromatic N) is 1. The fraction of sp³-hybridized carbons (Fsp3) is 0.259. The number of halogens is 4. The molecule has 2 amide bonds. The molecule has 5 rings (SSSR count). The first kappa shape index (κ1) is 29.8. The SMILES string of the molecule is COc1cc(F)c(-c2nc(C(=O)O)co2)cc1C(=O)N[C@H]1[C@@H](C(=O)Nc2cccc(S(=O)(=O)C(F)(F)F)c2)[C@@H]2C=C[C@H]1C2. The lowest BCUT2D eigenvalue weighted by atomic mass is 9.87. The number of allylic oxidation sites excluding steroid dienone is 1. The van der Waals surface area contributed by atoms with Gasteiger partial charge in [-0.1, -0.05) is 18.2 Å². The molecule has 226 valence electrons. The van der Waals surface area contributed by atoms with E-state index in [0.717, 1.165) is 30.5 Å². The van der Waals surface area contributed by atoms with Gasteiger partial charge in [0.05, 0.1) is 29.1 Å². The number of carbonyl (C=O) groups is 3. The van der Waals surface area contributed by atoms with Crippen molar-refractivity contribution in [1.29, 1.82) is 0 Å². The van der Waals surface area contributed by atoms with Crippen LogP contribution in [-0.4, -0.2) is 55.0 Å². The van der Waals surface area contributed by atoms with Crippen LogP contribution in [0.15, 0.2) is 64.1 Å². The summed E-state index contributed by atoms with van der Waals surface area (Å²) in [5.41, 5.74) is -6.71. The quantitative estimate of drug-likeness (QED) is 0.248. The van der Waals surface area contributed by atoms with Crippen LogP contribution in [0.3, 0.4) is 0 Å². The molecule has 1 saturated carbocycles. The van der Waals surface area contributed by atoms with Crippen LogP contribution in [0.1, 0.15) is 27.3 Å². The molecule has 1 aromatic heterocycles. The van der Waals surface area contributed by atoms with Crippen molar-refractivity contribution in [3.63, 3.8) is 0 Å². The van der Waals surface area contributed by atoms with Gasteiger partial charge in [-0.25, -0.2) is 22.6 Å². The molecular formula is C27H21F4N3O8S. The summed E-state index contributed by atoms with van der Waals surface area (Å²) >= 11 is 0. The molecule has 3 N–H and O–H groups in total. The number of carboxylic acid groups (broad SMARTS) is 1. The molecule has 0 saturated heterocycles. The van der Waals surface area contributed by atoms with Gasteiger partial charge < -0.3 is 24.9 Å². The number of amides is 2. The average molecular weight is 624 g/mol. The second-order valence-corrected chi connectivity index (χ2v) is 11.8. The summed E-state index contributed by atoms with van der Waals surface area (Å²) in [6.07, 6.45) is 4.87. The smallest absolute Gasteiger partial charge is 0.496 e. The van der Waals surface area contributed by atoms with E-state index in [-0.39, 0.29) is 34.4 Å². The maximum Gasteiger partial charge on any atom is 0.501 e. The Kier molecular flexibility index (Phi) is 7.50. The van der Waals surface area contributed by atoms with Crippen molar-refractivity contribution >= 4 is 33.3 Å². The third kappa shape index (κ3) is 5.45. The molecule has 1 fully saturated rings. The zero-order chi connectivity index (χ0) is 31.3. The molecule has 2 aromatic carbocycles. The second-order valence-electron chi connectivity index (χ2n) is 9.81. The molecule has 0 unspecified atom stereocenters.